The third-order valence-corrected chi connectivity index (χ3v) is 6.37. The minimum Gasteiger partial charge on any atom is -0.489 e. The number of imide groups is 1. The molecule has 8 heteroatoms. The number of hydrogen-bond donors (Lipinski definition) is 0. The van der Waals surface area contributed by atoms with Crippen LogP contribution in [-0.4, -0.2) is 16.0 Å². The van der Waals surface area contributed by atoms with Crippen LogP contribution in [0.15, 0.2) is 71.6 Å². The lowest BCUT2D eigenvalue weighted by Crippen LogP contribution is -2.27. The minimum atomic E-state index is -0.452. The lowest BCUT2D eigenvalue weighted by atomic mass is 10.2. The fourth-order valence-corrected chi connectivity index (χ4v) is 4.20. The lowest BCUT2D eigenvalue weighted by molar-refractivity contribution is -0.123. The first-order chi connectivity index (χ1) is 15.4. The summed E-state index contributed by atoms with van der Waals surface area (Å²) in [5.74, 6) is -0.254. The predicted octanol–water partition coefficient (Wildman–Crippen LogP) is 6.95. The number of hydrogen-bond acceptors (Lipinski definition) is 4. The van der Waals surface area contributed by atoms with Crippen molar-refractivity contribution in [3.05, 3.63) is 104 Å². The summed E-state index contributed by atoms with van der Waals surface area (Å²) in [6, 6.07) is 18.5. The van der Waals surface area contributed by atoms with E-state index in [0.717, 1.165) is 27.8 Å². The summed E-state index contributed by atoms with van der Waals surface area (Å²) in [4.78, 5) is 26.3. The fourth-order valence-electron chi connectivity index (χ4n) is 3.04. The lowest BCUT2D eigenvalue weighted by Gasteiger charge is -2.12. The Hall–Kier alpha value is -2.80. The molecule has 1 saturated heterocycles. The molecule has 1 aliphatic rings. The molecule has 0 unspecified atom stereocenters. The van der Waals surface area contributed by atoms with Crippen LogP contribution in [0.1, 0.15) is 16.7 Å². The van der Waals surface area contributed by atoms with E-state index in [1.54, 1.807) is 60.7 Å². The highest BCUT2D eigenvalue weighted by atomic mass is 35.5. The SMILES string of the molecule is O=C1S/C(=C\c2ccc(OCc3ccc(Cl)c(Cl)c3)cc2)C(=O)N1Cc1ccccc1F. The van der Waals surface area contributed by atoms with Gasteiger partial charge in [-0.15, -0.1) is 0 Å². The van der Waals surface area contributed by atoms with Crippen LogP contribution in [-0.2, 0) is 17.9 Å². The van der Waals surface area contributed by atoms with Gasteiger partial charge in [-0.3, -0.25) is 14.5 Å². The molecule has 0 aromatic heterocycles. The van der Waals surface area contributed by atoms with Crippen LogP contribution in [0.4, 0.5) is 9.18 Å². The van der Waals surface area contributed by atoms with Gasteiger partial charge in [0.2, 0.25) is 0 Å². The van der Waals surface area contributed by atoms with Crippen molar-refractivity contribution in [2.75, 3.05) is 0 Å². The van der Waals surface area contributed by atoms with Crippen LogP contribution in [0, 0.1) is 5.82 Å². The molecule has 0 N–H and O–H groups in total. The second-order valence-electron chi connectivity index (χ2n) is 6.97. The summed E-state index contributed by atoms with van der Waals surface area (Å²) in [6.07, 6.45) is 1.63. The number of halogens is 3. The number of amides is 2. The molecule has 0 bridgehead atoms. The Bertz CT molecular complexity index is 1210. The second-order valence-corrected chi connectivity index (χ2v) is 8.77. The highest BCUT2D eigenvalue weighted by Gasteiger charge is 2.35. The number of carbonyl (C=O) groups is 2. The highest BCUT2D eigenvalue weighted by Crippen LogP contribution is 2.34. The van der Waals surface area contributed by atoms with Crippen LogP contribution in [0.2, 0.25) is 10.0 Å². The maximum atomic E-state index is 13.9. The average Bonchev–Trinajstić information content (AvgIpc) is 3.04. The quantitative estimate of drug-likeness (QED) is 0.353. The van der Waals surface area contributed by atoms with E-state index in [1.165, 1.54) is 6.07 Å². The Balaban J connectivity index is 1.41. The molecule has 4 nitrogen and oxygen atoms in total. The molecule has 0 radical (unpaired) electrons. The molecule has 0 atom stereocenters. The van der Waals surface area contributed by atoms with E-state index in [1.807, 2.05) is 6.07 Å². The summed E-state index contributed by atoms with van der Waals surface area (Å²) in [5.41, 5.74) is 1.91. The molecule has 0 aliphatic carbocycles. The maximum Gasteiger partial charge on any atom is 0.293 e. The van der Waals surface area contributed by atoms with E-state index in [4.69, 9.17) is 27.9 Å². The first kappa shape index (κ1) is 22.4. The molecular formula is C24H16Cl2FNO3S. The van der Waals surface area contributed by atoms with E-state index in [0.29, 0.717) is 28.0 Å². The van der Waals surface area contributed by atoms with Gasteiger partial charge in [-0.25, -0.2) is 4.39 Å². The molecule has 1 heterocycles. The summed E-state index contributed by atoms with van der Waals surface area (Å²) >= 11 is 12.8. The molecule has 3 aromatic rings. The van der Waals surface area contributed by atoms with Gasteiger partial charge in [0.15, 0.2) is 0 Å². The molecule has 32 heavy (non-hydrogen) atoms. The Morgan fingerprint density at radius 1 is 0.969 bits per heavy atom. The van der Waals surface area contributed by atoms with Crippen molar-refractivity contribution >= 4 is 52.2 Å². The summed E-state index contributed by atoms with van der Waals surface area (Å²) in [6.45, 7) is 0.224. The number of rotatable bonds is 6. The van der Waals surface area contributed by atoms with Crippen molar-refractivity contribution in [1.82, 2.24) is 4.90 Å². The predicted molar refractivity (Wildman–Crippen MR) is 125 cm³/mol. The molecule has 4 rings (SSSR count). The van der Waals surface area contributed by atoms with E-state index in [2.05, 4.69) is 0 Å². The third-order valence-electron chi connectivity index (χ3n) is 4.73. The van der Waals surface area contributed by atoms with E-state index in [9.17, 15) is 14.0 Å². The number of benzene rings is 3. The summed E-state index contributed by atoms with van der Waals surface area (Å²) in [7, 11) is 0. The van der Waals surface area contributed by atoms with Gasteiger partial charge >= 0.3 is 0 Å². The molecule has 2 amide bonds. The average molecular weight is 488 g/mol. The Morgan fingerprint density at radius 2 is 1.72 bits per heavy atom. The number of ether oxygens (including phenoxy) is 1. The van der Waals surface area contributed by atoms with Crippen LogP contribution in [0.3, 0.4) is 0 Å². The minimum absolute atomic E-state index is 0.101. The Kier molecular flexibility index (Phi) is 6.84. The molecule has 1 aliphatic heterocycles. The van der Waals surface area contributed by atoms with Gasteiger partial charge in [0.05, 0.1) is 21.5 Å². The van der Waals surface area contributed by atoms with Gasteiger partial charge in [-0.1, -0.05) is 59.6 Å². The molecule has 162 valence electrons. The largest absolute Gasteiger partial charge is 0.489 e. The van der Waals surface area contributed by atoms with Crippen LogP contribution in [0.25, 0.3) is 6.08 Å². The van der Waals surface area contributed by atoms with E-state index < -0.39 is 17.0 Å². The summed E-state index contributed by atoms with van der Waals surface area (Å²) in [5, 5.41) is 0.524. The van der Waals surface area contributed by atoms with Gasteiger partial charge < -0.3 is 4.74 Å². The van der Waals surface area contributed by atoms with Crippen LogP contribution >= 0.6 is 35.0 Å². The van der Waals surface area contributed by atoms with E-state index >= 15 is 0 Å². The monoisotopic (exact) mass is 487 g/mol. The van der Waals surface area contributed by atoms with Gasteiger partial charge in [0.25, 0.3) is 11.1 Å². The number of thioether (sulfide) groups is 1. The van der Waals surface area contributed by atoms with Crippen LogP contribution < -0.4 is 4.74 Å². The van der Waals surface area contributed by atoms with Crippen molar-refractivity contribution in [3.8, 4) is 5.75 Å². The third kappa shape index (κ3) is 5.15. The van der Waals surface area contributed by atoms with E-state index in [-0.39, 0.29) is 11.4 Å². The van der Waals surface area contributed by atoms with Gasteiger partial charge in [0.1, 0.15) is 18.2 Å². The van der Waals surface area contributed by atoms with Crippen molar-refractivity contribution in [3.63, 3.8) is 0 Å². The zero-order valence-corrected chi connectivity index (χ0v) is 18.9. The first-order valence-electron chi connectivity index (χ1n) is 9.56. The van der Waals surface area contributed by atoms with Gasteiger partial charge in [0, 0.05) is 5.56 Å². The zero-order valence-electron chi connectivity index (χ0n) is 16.6. The van der Waals surface area contributed by atoms with Gasteiger partial charge in [-0.05, 0) is 59.3 Å². The first-order valence-corrected chi connectivity index (χ1v) is 11.1. The normalized spacial score (nSPS) is 15.0. The van der Waals surface area contributed by atoms with Crippen molar-refractivity contribution in [2.24, 2.45) is 0 Å². The molecule has 0 spiro atoms. The van der Waals surface area contributed by atoms with Gasteiger partial charge in [-0.2, -0.15) is 0 Å². The molecule has 3 aromatic carbocycles. The summed E-state index contributed by atoms with van der Waals surface area (Å²) < 4.78 is 19.6. The van der Waals surface area contributed by atoms with Crippen molar-refractivity contribution in [2.45, 2.75) is 13.2 Å². The number of carbonyl (C=O) groups excluding carboxylic acids is 2. The second kappa shape index (κ2) is 9.77. The topological polar surface area (TPSA) is 46.6 Å². The Morgan fingerprint density at radius 3 is 2.44 bits per heavy atom. The maximum absolute atomic E-state index is 13.9. The van der Waals surface area contributed by atoms with Crippen molar-refractivity contribution < 1.29 is 18.7 Å². The standard InChI is InChI=1S/C24H16Cl2FNO3S/c25-19-10-7-16(11-20(19)26)14-31-18-8-5-15(6-9-18)12-22-23(29)28(24(30)32-22)13-17-3-1-2-4-21(17)27/h1-12H,13-14H2/b22-12-. The molecule has 0 saturated carbocycles. The smallest absolute Gasteiger partial charge is 0.293 e. The van der Waals surface area contributed by atoms with Crippen LogP contribution in [0.5, 0.6) is 5.75 Å². The highest BCUT2D eigenvalue weighted by molar-refractivity contribution is 8.18. The number of nitrogens with zero attached hydrogens (tertiary/aromatic N) is 1. The zero-order chi connectivity index (χ0) is 22.7. The van der Waals surface area contributed by atoms with Crippen molar-refractivity contribution in [1.29, 1.82) is 0 Å². The fraction of sp³-hybridized carbons (Fsp3) is 0.0833. The Labute approximate surface area is 198 Å². The molecular weight excluding hydrogens is 472 g/mol. The molecule has 1 fully saturated rings.